The lowest BCUT2D eigenvalue weighted by Gasteiger charge is -2.25. The number of sulfonamides is 1. The van der Waals surface area contributed by atoms with E-state index in [1.54, 1.807) is 0 Å². The minimum Gasteiger partial charge on any atom is -0.379 e. The van der Waals surface area contributed by atoms with Crippen LogP contribution >= 0.6 is 0 Å². The van der Waals surface area contributed by atoms with Crippen molar-refractivity contribution in [1.82, 2.24) is 19.5 Å². The van der Waals surface area contributed by atoms with E-state index in [0.29, 0.717) is 32.3 Å². The standard InChI is InChI=1S/C15H27N5O3S/c1-2-16-15(17-5-9-19-7-3-4-8-19)18-6-14-24(21,22)20-10-12-23-13-11-20/h3-4,7-8H,2,5-6,9-14H2,1H3,(H2,16,17,18). The number of hydrogen-bond acceptors (Lipinski definition) is 4. The lowest BCUT2D eigenvalue weighted by molar-refractivity contribution is 0.0731. The Balaban J connectivity index is 1.78. The van der Waals surface area contributed by atoms with Gasteiger partial charge in [0, 0.05) is 45.1 Å². The number of morpholine rings is 1. The molecule has 1 fully saturated rings. The van der Waals surface area contributed by atoms with Gasteiger partial charge in [-0.3, -0.25) is 4.99 Å². The molecule has 0 aliphatic carbocycles. The Bertz CT molecular complexity index is 595. The molecule has 0 saturated carbocycles. The molecule has 0 unspecified atom stereocenters. The molecule has 9 heteroatoms. The van der Waals surface area contributed by atoms with Crippen LogP contribution in [0.15, 0.2) is 29.5 Å². The molecule has 2 N–H and O–H groups in total. The highest BCUT2D eigenvalue weighted by Gasteiger charge is 2.23. The van der Waals surface area contributed by atoms with Crippen molar-refractivity contribution in [1.29, 1.82) is 0 Å². The van der Waals surface area contributed by atoms with Crippen molar-refractivity contribution in [3.63, 3.8) is 0 Å². The maximum absolute atomic E-state index is 12.3. The summed E-state index contributed by atoms with van der Waals surface area (Å²) in [5, 5.41) is 6.34. The molecule has 24 heavy (non-hydrogen) atoms. The van der Waals surface area contributed by atoms with Gasteiger partial charge in [-0.1, -0.05) is 0 Å². The molecule has 1 aliphatic rings. The summed E-state index contributed by atoms with van der Waals surface area (Å²) < 4.78 is 33.2. The van der Waals surface area contributed by atoms with Crippen LogP contribution in [-0.4, -0.2) is 74.9 Å². The fraction of sp³-hybridized carbons (Fsp3) is 0.667. The Kier molecular flexibility index (Phi) is 7.54. The zero-order valence-corrected chi connectivity index (χ0v) is 15.0. The van der Waals surface area contributed by atoms with E-state index in [1.807, 2.05) is 31.5 Å². The van der Waals surface area contributed by atoms with Crippen LogP contribution in [0, 0.1) is 0 Å². The molecule has 0 bridgehead atoms. The average Bonchev–Trinajstić information content (AvgIpc) is 3.09. The molecule has 1 aromatic heterocycles. The Morgan fingerprint density at radius 1 is 1.21 bits per heavy atom. The van der Waals surface area contributed by atoms with E-state index in [-0.39, 0.29) is 12.3 Å². The molecule has 136 valence electrons. The van der Waals surface area contributed by atoms with Crippen molar-refractivity contribution in [3.8, 4) is 0 Å². The number of nitrogens with zero attached hydrogens (tertiary/aromatic N) is 3. The Labute approximate surface area is 143 Å². The van der Waals surface area contributed by atoms with Crippen LogP contribution in [0.5, 0.6) is 0 Å². The van der Waals surface area contributed by atoms with Crippen LogP contribution in [0.25, 0.3) is 0 Å². The van der Waals surface area contributed by atoms with E-state index in [9.17, 15) is 8.42 Å². The first-order valence-electron chi connectivity index (χ1n) is 8.30. The van der Waals surface area contributed by atoms with Crippen molar-refractivity contribution in [2.45, 2.75) is 13.5 Å². The summed E-state index contributed by atoms with van der Waals surface area (Å²) in [7, 11) is -3.26. The summed E-state index contributed by atoms with van der Waals surface area (Å²) in [6.45, 7) is 6.28. The highest BCUT2D eigenvalue weighted by atomic mass is 32.2. The fourth-order valence-electron chi connectivity index (χ4n) is 2.39. The van der Waals surface area contributed by atoms with E-state index in [4.69, 9.17) is 4.74 Å². The Morgan fingerprint density at radius 2 is 1.92 bits per heavy atom. The molecular weight excluding hydrogens is 330 g/mol. The van der Waals surface area contributed by atoms with Crippen LogP contribution in [0.3, 0.4) is 0 Å². The van der Waals surface area contributed by atoms with E-state index < -0.39 is 10.0 Å². The topological polar surface area (TPSA) is 88.0 Å². The van der Waals surface area contributed by atoms with Crippen molar-refractivity contribution in [2.75, 3.05) is 51.7 Å². The van der Waals surface area contributed by atoms with E-state index >= 15 is 0 Å². The molecule has 1 aromatic rings. The second-order valence-electron chi connectivity index (χ2n) is 5.44. The minimum atomic E-state index is -3.26. The number of hydrogen-bond donors (Lipinski definition) is 2. The predicted molar refractivity (Wildman–Crippen MR) is 94.6 cm³/mol. The largest absolute Gasteiger partial charge is 0.379 e. The molecule has 2 heterocycles. The summed E-state index contributed by atoms with van der Waals surface area (Å²) in [6, 6.07) is 3.96. The van der Waals surface area contributed by atoms with Crippen LogP contribution in [0.1, 0.15) is 6.92 Å². The molecule has 1 saturated heterocycles. The summed E-state index contributed by atoms with van der Waals surface area (Å²) in [4.78, 5) is 4.36. The van der Waals surface area contributed by atoms with E-state index in [1.165, 1.54) is 4.31 Å². The van der Waals surface area contributed by atoms with E-state index in [2.05, 4.69) is 20.2 Å². The molecule has 0 spiro atoms. The average molecular weight is 357 g/mol. The highest BCUT2D eigenvalue weighted by molar-refractivity contribution is 7.89. The summed E-state index contributed by atoms with van der Waals surface area (Å²) >= 11 is 0. The van der Waals surface area contributed by atoms with Crippen LogP contribution in [0.2, 0.25) is 0 Å². The first-order valence-corrected chi connectivity index (χ1v) is 9.91. The van der Waals surface area contributed by atoms with Crippen molar-refractivity contribution < 1.29 is 13.2 Å². The Hall–Kier alpha value is -1.58. The number of ether oxygens (including phenoxy) is 1. The number of aliphatic imine (C=N–C) groups is 1. The number of rotatable bonds is 8. The van der Waals surface area contributed by atoms with Gasteiger partial charge in [-0.25, -0.2) is 8.42 Å². The van der Waals surface area contributed by atoms with Crippen molar-refractivity contribution >= 4 is 16.0 Å². The van der Waals surface area contributed by atoms with Gasteiger partial charge in [0.2, 0.25) is 10.0 Å². The number of guanidine groups is 1. The van der Waals surface area contributed by atoms with Crippen molar-refractivity contribution in [3.05, 3.63) is 24.5 Å². The second kappa shape index (κ2) is 9.65. The smallest absolute Gasteiger partial charge is 0.216 e. The quantitative estimate of drug-likeness (QED) is 0.493. The van der Waals surface area contributed by atoms with Crippen LogP contribution in [0.4, 0.5) is 0 Å². The summed E-state index contributed by atoms with van der Waals surface area (Å²) in [6.07, 6.45) is 4.00. The summed E-state index contributed by atoms with van der Waals surface area (Å²) in [5.41, 5.74) is 0. The van der Waals surface area contributed by atoms with Gasteiger partial charge in [0.1, 0.15) is 0 Å². The van der Waals surface area contributed by atoms with Gasteiger partial charge in [0.25, 0.3) is 0 Å². The van der Waals surface area contributed by atoms with Gasteiger partial charge in [0.15, 0.2) is 5.96 Å². The SMILES string of the molecule is CCNC(=NCCS(=O)(=O)N1CCOCC1)NCCn1cccc1. The number of nitrogens with one attached hydrogen (secondary N) is 2. The first-order chi connectivity index (χ1) is 11.6. The van der Waals surface area contributed by atoms with Gasteiger partial charge in [-0.15, -0.1) is 0 Å². The zero-order chi connectivity index (χ0) is 17.3. The van der Waals surface area contributed by atoms with Crippen molar-refractivity contribution in [2.24, 2.45) is 4.99 Å². The molecule has 0 radical (unpaired) electrons. The third kappa shape index (κ3) is 6.14. The monoisotopic (exact) mass is 357 g/mol. The lowest BCUT2D eigenvalue weighted by Crippen LogP contribution is -2.43. The molecule has 0 atom stereocenters. The highest BCUT2D eigenvalue weighted by Crippen LogP contribution is 2.05. The molecule has 0 aromatic carbocycles. The lowest BCUT2D eigenvalue weighted by atomic mass is 10.5. The van der Waals surface area contributed by atoms with Gasteiger partial charge in [-0.05, 0) is 19.1 Å². The van der Waals surface area contributed by atoms with Gasteiger partial charge in [0.05, 0.1) is 25.5 Å². The second-order valence-corrected chi connectivity index (χ2v) is 7.52. The first kappa shape index (κ1) is 18.8. The minimum absolute atomic E-state index is 0.0151. The Morgan fingerprint density at radius 3 is 2.58 bits per heavy atom. The maximum Gasteiger partial charge on any atom is 0.216 e. The number of aromatic nitrogens is 1. The normalized spacial score (nSPS) is 17.0. The van der Waals surface area contributed by atoms with Gasteiger partial charge < -0.3 is 19.9 Å². The molecule has 1 aliphatic heterocycles. The predicted octanol–water partition coefficient (Wildman–Crippen LogP) is -0.295. The zero-order valence-electron chi connectivity index (χ0n) is 14.1. The van der Waals surface area contributed by atoms with Crippen LogP contribution in [-0.2, 0) is 21.3 Å². The molecular formula is C15H27N5O3S. The molecule has 0 amide bonds. The van der Waals surface area contributed by atoms with Crippen LogP contribution < -0.4 is 10.6 Å². The third-order valence-electron chi connectivity index (χ3n) is 3.66. The summed E-state index contributed by atoms with van der Waals surface area (Å²) in [5.74, 6) is 0.656. The van der Waals surface area contributed by atoms with E-state index in [0.717, 1.165) is 19.6 Å². The van der Waals surface area contributed by atoms with Gasteiger partial charge in [-0.2, -0.15) is 4.31 Å². The molecule has 2 rings (SSSR count). The fourth-order valence-corrected chi connectivity index (χ4v) is 3.68. The third-order valence-corrected chi connectivity index (χ3v) is 5.51. The van der Waals surface area contributed by atoms with Gasteiger partial charge >= 0.3 is 0 Å². The maximum atomic E-state index is 12.3. The molecule has 8 nitrogen and oxygen atoms in total.